The molecule has 1 fully saturated rings. The van der Waals surface area contributed by atoms with Crippen LogP contribution in [0.15, 0.2) is 36.5 Å². The molecule has 2 aromatic rings. The van der Waals surface area contributed by atoms with Crippen LogP contribution >= 0.6 is 0 Å². The number of nitrogens with zero attached hydrogens (tertiary/aromatic N) is 1. The second-order valence-electron chi connectivity index (χ2n) is 6.46. The summed E-state index contributed by atoms with van der Waals surface area (Å²) in [4.78, 5) is 4.42. The molecule has 0 saturated heterocycles. The number of hydrogen-bond donors (Lipinski definition) is 1. The minimum atomic E-state index is 0.526. The number of fused-ring (bicyclic) bond motifs is 1. The summed E-state index contributed by atoms with van der Waals surface area (Å²) in [5.41, 5.74) is 2.83. The van der Waals surface area contributed by atoms with E-state index in [-0.39, 0.29) is 0 Å². The number of hydrogen-bond acceptors (Lipinski definition) is 2. The average Bonchev–Trinajstić information content (AvgIpc) is 2.42. The van der Waals surface area contributed by atoms with Gasteiger partial charge in [0.1, 0.15) is 0 Å². The number of para-hydroxylation sites is 1. The van der Waals surface area contributed by atoms with E-state index in [0.717, 1.165) is 5.52 Å². The lowest BCUT2D eigenvalue weighted by atomic mass is 9.75. The fourth-order valence-electron chi connectivity index (χ4n) is 2.99. The minimum Gasteiger partial charge on any atom is -0.382 e. The number of nitrogens with one attached hydrogen (secondary N) is 1. The van der Waals surface area contributed by atoms with Gasteiger partial charge < -0.3 is 5.32 Å². The Morgan fingerprint density at radius 3 is 2.63 bits per heavy atom. The quantitative estimate of drug-likeness (QED) is 0.846. The summed E-state index contributed by atoms with van der Waals surface area (Å²) in [5.74, 6) is 0. The van der Waals surface area contributed by atoms with Crippen molar-refractivity contribution in [3.8, 4) is 0 Å². The highest BCUT2D eigenvalue weighted by Crippen LogP contribution is 2.36. The van der Waals surface area contributed by atoms with Crippen LogP contribution in [0.2, 0.25) is 0 Å². The lowest BCUT2D eigenvalue weighted by Crippen LogP contribution is -2.29. The fraction of sp³-hybridized carbons (Fsp3) is 0.471. The second kappa shape index (κ2) is 4.84. The van der Waals surface area contributed by atoms with Crippen molar-refractivity contribution < 1.29 is 0 Å². The lowest BCUT2D eigenvalue weighted by Gasteiger charge is -2.35. The predicted molar refractivity (Wildman–Crippen MR) is 81.4 cm³/mol. The van der Waals surface area contributed by atoms with Gasteiger partial charge in [-0.1, -0.05) is 32.0 Å². The summed E-state index contributed by atoms with van der Waals surface area (Å²) < 4.78 is 0. The van der Waals surface area contributed by atoms with E-state index in [4.69, 9.17) is 0 Å². The van der Waals surface area contributed by atoms with Crippen LogP contribution in [0, 0.1) is 5.41 Å². The van der Waals surface area contributed by atoms with Crippen LogP contribution in [0.5, 0.6) is 0 Å². The van der Waals surface area contributed by atoms with Gasteiger partial charge in [-0.3, -0.25) is 4.98 Å². The van der Waals surface area contributed by atoms with E-state index in [1.165, 1.54) is 36.8 Å². The molecule has 1 aromatic heterocycles. The highest BCUT2D eigenvalue weighted by atomic mass is 14.9. The molecular weight excluding hydrogens is 232 g/mol. The molecule has 0 atom stereocenters. The standard InChI is InChI=1S/C17H22N2/c1-17(2)10-7-13(8-11-17)19-16-9-12-18-15-6-4-3-5-14(15)16/h3-6,9,12-13H,7-8,10-11H2,1-2H3,(H,18,19). The third kappa shape index (κ3) is 2.73. The first-order valence-electron chi connectivity index (χ1n) is 7.24. The topological polar surface area (TPSA) is 24.9 Å². The Kier molecular flexibility index (Phi) is 3.17. The summed E-state index contributed by atoms with van der Waals surface area (Å²) in [6.07, 6.45) is 7.06. The lowest BCUT2D eigenvalue weighted by molar-refractivity contribution is 0.232. The van der Waals surface area contributed by atoms with E-state index in [9.17, 15) is 0 Å². The molecule has 0 aliphatic heterocycles. The van der Waals surface area contributed by atoms with E-state index < -0.39 is 0 Å². The Morgan fingerprint density at radius 1 is 1.11 bits per heavy atom. The van der Waals surface area contributed by atoms with Gasteiger partial charge in [0.15, 0.2) is 0 Å². The normalized spacial score (nSPS) is 19.5. The third-order valence-electron chi connectivity index (χ3n) is 4.35. The van der Waals surface area contributed by atoms with Gasteiger partial charge in [0.05, 0.1) is 5.52 Å². The largest absolute Gasteiger partial charge is 0.382 e. The van der Waals surface area contributed by atoms with Crippen LogP contribution in [0.25, 0.3) is 10.9 Å². The van der Waals surface area contributed by atoms with Crippen LogP contribution in [0.1, 0.15) is 39.5 Å². The zero-order valence-corrected chi connectivity index (χ0v) is 11.8. The Hall–Kier alpha value is -1.57. The van der Waals surface area contributed by atoms with Gasteiger partial charge in [0.2, 0.25) is 0 Å². The Morgan fingerprint density at radius 2 is 1.84 bits per heavy atom. The average molecular weight is 254 g/mol. The van der Waals surface area contributed by atoms with Crippen molar-refractivity contribution in [1.29, 1.82) is 0 Å². The smallest absolute Gasteiger partial charge is 0.0722 e. The van der Waals surface area contributed by atoms with Crippen LogP contribution < -0.4 is 5.32 Å². The van der Waals surface area contributed by atoms with Gasteiger partial charge >= 0.3 is 0 Å². The SMILES string of the molecule is CC1(C)CCC(Nc2ccnc3ccccc23)CC1. The van der Waals surface area contributed by atoms with Gasteiger partial charge in [-0.2, -0.15) is 0 Å². The van der Waals surface area contributed by atoms with E-state index in [0.29, 0.717) is 11.5 Å². The Bertz CT molecular complexity index is 559. The van der Waals surface area contributed by atoms with Crippen molar-refractivity contribution in [3.63, 3.8) is 0 Å². The Labute approximate surface area is 115 Å². The highest BCUT2D eigenvalue weighted by molar-refractivity contribution is 5.90. The van der Waals surface area contributed by atoms with Gasteiger partial charge in [-0.15, -0.1) is 0 Å². The first-order chi connectivity index (χ1) is 9.14. The van der Waals surface area contributed by atoms with Gasteiger partial charge in [0.25, 0.3) is 0 Å². The molecule has 2 nitrogen and oxygen atoms in total. The number of pyridine rings is 1. The zero-order valence-electron chi connectivity index (χ0n) is 11.8. The van der Waals surface area contributed by atoms with Gasteiger partial charge in [0, 0.05) is 23.3 Å². The summed E-state index contributed by atoms with van der Waals surface area (Å²) in [6.45, 7) is 4.76. The summed E-state index contributed by atoms with van der Waals surface area (Å²) in [6, 6.07) is 11.1. The zero-order chi connectivity index (χ0) is 13.3. The number of aromatic nitrogens is 1. The molecule has 0 spiro atoms. The van der Waals surface area contributed by atoms with Crippen molar-refractivity contribution in [2.45, 2.75) is 45.6 Å². The highest BCUT2D eigenvalue weighted by Gasteiger charge is 2.26. The monoisotopic (exact) mass is 254 g/mol. The van der Waals surface area contributed by atoms with Gasteiger partial charge in [-0.25, -0.2) is 0 Å². The maximum atomic E-state index is 4.42. The van der Waals surface area contributed by atoms with Crippen molar-refractivity contribution in [3.05, 3.63) is 36.5 Å². The molecule has 0 unspecified atom stereocenters. The van der Waals surface area contributed by atoms with Crippen LogP contribution in [0.3, 0.4) is 0 Å². The Balaban J connectivity index is 1.79. The summed E-state index contributed by atoms with van der Waals surface area (Å²) in [5, 5.41) is 4.95. The van der Waals surface area contributed by atoms with Crippen molar-refractivity contribution in [2.75, 3.05) is 5.32 Å². The molecular formula is C17H22N2. The van der Waals surface area contributed by atoms with Crippen LogP contribution in [-0.2, 0) is 0 Å². The van der Waals surface area contributed by atoms with E-state index in [2.05, 4.69) is 48.4 Å². The molecule has 1 aliphatic rings. The molecule has 1 heterocycles. The van der Waals surface area contributed by atoms with Gasteiger partial charge in [-0.05, 0) is 43.2 Å². The molecule has 2 heteroatoms. The van der Waals surface area contributed by atoms with Crippen molar-refractivity contribution in [2.24, 2.45) is 5.41 Å². The number of benzene rings is 1. The van der Waals surface area contributed by atoms with E-state index >= 15 is 0 Å². The third-order valence-corrected chi connectivity index (χ3v) is 4.35. The minimum absolute atomic E-state index is 0.526. The fourth-order valence-corrected chi connectivity index (χ4v) is 2.99. The molecule has 100 valence electrons. The molecule has 0 amide bonds. The molecule has 19 heavy (non-hydrogen) atoms. The first kappa shape index (κ1) is 12.5. The molecule has 1 aromatic carbocycles. The maximum Gasteiger partial charge on any atom is 0.0722 e. The molecule has 1 saturated carbocycles. The van der Waals surface area contributed by atoms with Crippen molar-refractivity contribution >= 4 is 16.6 Å². The molecule has 1 aliphatic carbocycles. The molecule has 1 N–H and O–H groups in total. The first-order valence-corrected chi connectivity index (χ1v) is 7.24. The number of anilines is 1. The second-order valence-corrected chi connectivity index (χ2v) is 6.46. The van der Waals surface area contributed by atoms with E-state index in [1.807, 2.05) is 12.3 Å². The maximum absolute atomic E-state index is 4.42. The molecule has 3 rings (SSSR count). The van der Waals surface area contributed by atoms with Crippen LogP contribution in [-0.4, -0.2) is 11.0 Å². The number of rotatable bonds is 2. The predicted octanol–water partition coefficient (Wildman–Crippen LogP) is 4.62. The van der Waals surface area contributed by atoms with Crippen molar-refractivity contribution in [1.82, 2.24) is 4.98 Å². The van der Waals surface area contributed by atoms with E-state index in [1.54, 1.807) is 0 Å². The summed E-state index contributed by atoms with van der Waals surface area (Å²) in [7, 11) is 0. The molecule has 0 radical (unpaired) electrons. The summed E-state index contributed by atoms with van der Waals surface area (Å²) >= 11 is 0. The molecule has 0 bridgehead atoms. The van der Waals surface area contributed by atoms with Crippen LogP contribution in [0.4, 0.5) is 5.69 Å².